The summed E-state index contributed by atoms with van der Waals surface area (Å²) in [5.74, 6) is 0.587. The minimum atomic E-state index is 0.122. The highest BCUT2D eigenvalue weighted by Crippen LogP contribution is 2.14. The molecule has 5 nitrogen and oxygen atoms in total. The van der Waals surface area contributed by atoms with Gasteiger partial charge in [0.15, 0.2) is 5.16 Å². The molecule has 1 heterocycles. The van der Waals surface area contributed by atoms with Gasteiger partial charge in [-0.05, 0) is 6.26 Å². The van der Waals surface area contributed by atoms with E-state index >= 15 is 0 Å². The van der Waals surface area contributed by atoms with Crippen molar-refractivity contribution in [1.29, 1.82) is 0 Å². The summed E-state index contributed by atoms with van der Waals surface area (Å²) in [6.45, 7) is 2.92. The Morgan fingerprint density at radius 3 is 2.94 bits per heavy atom. The van der Waals surface area contributed by atoms with E-state index in [2.05, 4.69) is 9.97 Å². The molecule has 0 saturated heterocycles. The molecule has 0 aromatic carbocycles. The molecule has 0 saturated carbocycles. The molecular formula is C10H17N3O2S. The average Bonchev–Trinajstić information content (AvgIpc) is 2.30. The third-order valence-electron chi connectivity index (χ3n) is 2.03. The van der Waals surface area contributed by atoms with Crippen LogP contribution in [-0.4, -0.2) is 34.5 Å². The van der Waals surface area contributed by atoms with Gasteiger partial charge in [-0.1, -0.05) is 18.7 Å². The molecule has 1 aromatic rings. The van der Waals surface area contributed by atoms with Crippen LogP contribution in [-0.2, 0) is 11.3 Å². The fourth-order valence-corrected chi connectivity index (χ4v) is 1.38. The molecule has 0 radical (unpaired) electrons. The summed E-state index contributed by atoms with van der Waals surface area (Å²) in [4.78, 5) is 8.23. The molecule has 0 bridgehead atoms. The first-order valence-corrected chi connectivity index (χ1v) is 6.23. The van der Waals surface area contributed by atoms with Crippen molar-refractivity contribution in [2.45, 2.75) is 18.7 Å². The van der Waals surface area contributed by atoms with Crippen molar-refractivity contribution in [3.05, 3.63) is 11.8 Å². The maximum atomic E-state index is 8.82. The molecule has 3 N–H and O–H groups in total. The molecule has 0 aliphatic rings. The molecule has 0 fully saturated rings. The lowest BCUT2D eigenvalue weighted by Crippen LogP contribution is -2.11. The zero-order valence-corrected chi connectivity index (χ0v) is 10.3. The number of aromatic nitrogens is 2. The van der Waals surface area contributed by atoms with Crippen molar-refractivity contribution in [3.8, 4) is 0 Å². The van der Waals surface area contributed by atoms with Crippen LogP contribution in [0.3, 0.4) is 0 Å². The number of rotatable bonds is 6. The normalized spacial score (nSPS) is 12.7. The summed E-state index contributed by atoms with van der Waals surface area (Å²) in [7, 11) is 0. The predicted molar refractivity (Wildman–Crippen MR) is 64.1 cm³/mol. The minimum Gasteiger partial charge on any atom is -0.396 e. The third-order valence-corrected chi connectivity index (χ3v) is 2.59. The first kappa shape index (κ1) is 13.2. The van der Waals surface area contributed by atoms with Crippen LogP contribution in [0.25, 0.3) is 0 Å². The number of nitrogens with zero attached hydrogens (tertiary/aromatic N) is 2. The van der Waals surface area contributed by atoms with Crippen molar-refractivity contribution in [1.82, 2.24) is 9.97 Å². The summed E-state index contributed by atoms with van der Waals surface area (Å²) in [5, 5.41) is 9.48. The lowest BCUT2D eigenvalue weighted by atomic mass is 10.2. The molecule has 0 aliphatic carbocycles. The van der Waals surface area contributed by atoms with Crippen molar-refractivity contribution in [2.75, 3.05) is 25.2 Å². The first-order valence-electron chi connectivity index (χ1n) is 5.01. The predicted octanol–water partition coefficient (Wildman–Crippen LogP) is 0.926. The Morgan fingerprint density at radius 1 is 1.62 bits per heavy atom. The monoisotopic (exact) mass is 243 g/mol. The molecule has 16 heavy (non-hydrogen) atoms. The fourth-order valence-electron chi connectivity index (χ4n) is 1.04. The lowest BCUT2D eigenvalue weighted by molar-refractivity contribution is 0.0696. The standard InChI is InChI=1S/C10H17N3O2S/c1-7(4-14)5-15-6-8-3-12-10(16-2)13-9(8)11/h3,7,14H,4-6H2,1-2H3,(H2,11,12,13). The molecule has 1 atom stereocenters. The Labute approximate surface area is 99.4 Å². The minimum absolute atomic E-state index is 0.122. The van der Waals surface area contributed by atoms with E-state index in [4.69, 9.17) is 15.6 Å². The number of ether oxygens (including phenoxy) is 1. The number of nitrogen functional groups attached to an aromatic ring is 1. The maximum absolute atomic E-state index is 8.82. The van der Waals surface area contributed by atoms with E-state index in [1.165, 1.54) is 11.8 Å². The van der Waals surface area contributed by atoms with Crippen LogP contribution in [0.2, 0.25) is 0 Å². The van der Waals surface area contributed by atoms with Gasteiger partial charge in [-0.25, -0.2) is 9.97 Å². The fraction of sp³-hybridized carbons (Fsp3) is 0.600. The van der Waals surface area contributed by atoms with Gasteiger partial charge in [0.1, 0.15) is 5.82 Å². The van der Waals surface area contributed by atoms with E-state index < -0.39 is 0 Å². The zero-order valence-electron chi connectivity index (χ0n) is 9.51. The van der Waals surface area contributed by atoms with Crippen LogP contribution in [0.1, 0.15) is 12.5 Å². The number of thioether (sulfide) groups is 1. The van der Waals surface area contributed by atoms with Crippen LogP contribution >= 0.6 is 11.8 Å². The van der Waals surface area contributed by atoms with Crippen molar-refractivity contribution in [3.63, 3.8) is 0 Å². The second-order valence-corrected chi connectivity index (χ2v) is 4.34. The SMILES string of the molecule is CSc1ncc(COCC(C)CO)c(N)n1. The highest BCUT2D eigenvalue weighted by molar-refractivity contribution is 7.98. The molecule has 1 rings (SSSR count). The highest BCUT2D eigenvalue weighted by atomic mass is 32.2. The zero-order chi connectivity index (χ0) is 12.0. The van der Waals surface area contributed by atoms with Gasteiger partial charge in [-0.2, -0.15) is 0 Å². The smallest absolute Gasteiger partial charge is 0.189 e. The van der Waals surface area contributed by atoms with Gasteiger partial charge in [0.05, 0.1) is 13.2 Å². The quantitative estimate of drug-likeness (QED) is 0.571. The second-order valence-electron chi connectivity index (χ2n) is 3.57. The Morgan fingerprint density at radius 2 is 2.38 bits per heavy atom. The van der Waals surface area contributed by atoms with Crippen LogP contribution in [0, 0.1) is 5.92 Å². The van der Waals surface area contributed by atoms with E-state index in [9.17, 15) is 0 Å². The van der Waals surface area contributed by atoms with Crippen LogP contribution in [0.15, 0.2) is 11.4 Å². The Kier molecular flexibility index (Phi) is 5.51. The van der Waals surface area contributed by atoms with Gasteiger partial charge in [0.25, 0.3) is 0 Å². The molecular weight excluding hydrogens is 226 g/mol. The van der Waals surface area contributed by atoms with Gasteiger partial charge in [0.2, 0.25) is 0 Å². The largest absolute Gasteiger partial charge is 0.396 e. The van der Waals surface area contributed by atoms with E-state index in [0.717, 1.165) is 5.56 Å². The lowest BCUT2D eigenvalue weighted by Gasteiger charge is -2.10. The van der Waals surface area contributed by atoms with Gasteiger partial charge in [0, 0.05) is 24.3 Å². The van der Waals surface area contributed by atoms with Crippen molar-refractivity contribution >= 4 is 17.6 Å². The Bertz CT molecular complexity index is 336. The van der Waals surface area contributed by atoms with Gasteiger partial charge in [-0.3, -0.25) is 0 Å². The highest BCUT2D eigenvalue weighted by Gasteiger charge is 2.05. The third kappa shape index (κ3) is 3.96. The molecule has 0 aliphatic heterocycles. The molecule has 6 heteroatoms. The molecule has 0 amide bonds. The Balaban J connectivity index is 2.48. The molecule has 1 aromatic heterocycles. The number of aliphatic hydroxyl groups excluding tert-OH is 1. The number of hydrogen-bond donors (Lipinski definition) is 2. The van der Waals surface area contributed by atoms with Gasteiger partial charge < -0.3 is 15.6 Å². The Hall–Kier alpha value is -0.850. The summed E-state index contributed by atoms with van der Waals surface area (Å²) >= 11 is 1.45. The summed E-state index contributed by atoms with van der Waals surface area (Å²) < 4.78 is 5.40. The molecule has 90 valence electrons. The second kappa shape index (κ2) is 6.67. The topological polar surface area (TPSA) is 81.3 Å². The number of nitrogens with two attached hydrogens (primary N) is 1. The van der Waals surface area contributed by atoms with E-state index in [0.29, 0.717) is 24.2 Å². The van der Waals surface area contributed by atoms with Crippen molar-refractivity contribution < 1.29 is 9.84 Å². The molecule has 0 spiro atoms. The van der Waals surface area contributed by atoms with Crippen LogP contribution < -0.4 is 5.73 Å². The van der Waals surface area contributed by atoms with E-state index in [-0.39, 0.29) is 12.5 Å². The van der Waals surface area contributed by atoms with E-state index in [1.54, 1.807) is 6.20 Å². The molecule has 1 unspecified atom stereocenters. The maximum Gasteiger partial charge on any atom is 0.189 e. The summed E-state index contributed by atoms with van der Waals surface area (Å²) in [6.07, 6.45) is 3.58. The van der Waals surface area contributed by atoms with E-state index in [1.807, 2.05) is 13.2 Å². The van der Waals surface area contributed by atoms with Gasteiger partial charge >= 0.3 is 0 Å². The number of aliphatic hydroxyl groups is 1. The number of anilines is 1. The van der Waals surface area contributed by atoms with Crippen molar-refractivity contribution in [2.24, 2.45) is 5.92 Å². The van der Waals surface area contributed by atoms with Gasteiger partial charge in [-0.15, -0.1) is 0 Å². The summed E-state index contributed by atoms with van der Waals surface area (Å²) in [5.41, 5.74) is 6.53. The first-order chi connectivity index (χ1) is 7.67. The van der Waals surface area contributed by atoms with Crippen LogP contribution in [0.5, 0.6) is 0 Å². The van der Waals surface area contributed by atoms with Crippen LogP contribution in [0.4, 0.5) is 5.82 Å². The summed E-state index contributed by atoms with van der Waals surface area (Å²) in [6, 6.07) is 0. The average molecular weight is 243 g/mol. The number of hydrogen-bond acceptors (Lipinski definition) is 6.